The van der Waals surface area contributed by atoms with E-state index in [1.807, 2.05) is 0 Å². The van der Waals surface area contributed by atoms with Crippen LogP contribution in [0.4, 0.5) is 5.82 Å². The molecule has 1 saturated heterocycles. The van der Waals surface area contributed by atoms with Crippen LogP contribution in [0.5, 0.6) is 0 Å². The average molecular weight is 236 g/mol. The van der Waals surface area contributed by atoms with E-state index in [9.17, 15) is 4.79 Å². The molecule has 0 unspecified atom stereocenters. The number of rotatable bonds is 2. The SMILES string of the molecule is N#C[C@@H]1CCOC[C@H]1n1cc(C(=O)O)c(N)n1. The number of ether oxygens (including phenoxy) is 1. The molecule has 1 aliphatic rings. The molecule has 3 N–H and O–H groups in total. The zero-order chi connectivity index (χ0) is 12.4. The van der Waals surface area contributed by atoms with Crippen LogP contribution in [0.15, 0.2) is 6.20 Å². The first-order valence-electron chi connectivity index (χ1n) is 5.18. The Kier molecular flexibility index (Phi) is 2.97. The fourth-order valence-electron chi connectivity index (χ4n) is 1.87. The Labute approximate surface area is 97.4 Å². The summed E-state index contributed by atoms with van der Waals surface area (Å²) >= 11 is 0. The van der Waals surface area contributed by atoms with Crippen LogP contribution in [-0.4, -0.2) is 34.1 Å². The van der Waals surface area contributed by atoms with Gasteiger partial charge in [0.15, 0.2) is 5.82 Å². The van der Waals surface area contributed by atoms with E-state index in [0.29, 0.717) is 19.6 Å². The predicted octanol–water partition coefficient (Wildman–Crippen LogP) is 0.265. The van der Waals surface area contributed by atoms with Crippen LogP contribution in [0.2, 0.25) is 0 Å². The van der Waals surface area contributed by atoms with Gasteiger partial charge in [0.2, 0.25) is 0 Å². The maximum Gasteiger partial charge on any atom is 0.341 e. The van der Waals surface area contributed by atoms with Crippen molar-refractivity contribution in [2.45, 2.75) is 12.5 Å². The monoisotopic (exact) mass is 236 g/mol. The fourth-order valence-corrected chi connectivity index (χ4v) is 1.87. The highest BCUT2D eigenvalue weighted by Gasteiger charge is 2.29. The van der Waals surface area contributed by atoms with Crippen LogP contribution in [0.25, 0.3) is 0 Å². The van der Waals surface area contributed by atoms with E-state index in [4.69, 9.17) is 20.8 Å². The summed E-state index contributed by atoms with van der Waals surface area (Å²) in [6.07, 6.45) is 1.96. The second-order valence-corrected chi connectivity index (χ2v) is 3.88. The van der Waals surface area contributed by atoms with E-state index in [2.05, 4.69) is 11.2 Å². The third kappa shape index (κ3) is 2.07. The molecular weight excluding hydrogens is 224 g/mol. The van der Waals surface area contributed by atoms with E-state index >= 15 is 0 Å². The Morgan fingerprint density at radius 3 is 3.12 bits per heavy atom. The predicted molar refractivity (Wildman–Crippen MR) is 57.2 cm³/mol. The van der Waals surface area contributed by atoms with Gasteiger partial charge in [-0.1, -0.05) is 0 Å². The molecular formula is C10H12N4O3. The van der Waals surface area contributed by atoms with Crippen molar-refractivity contribution in [3.63, 3.8) is 0 Å². The van der Waals surface area contributed by atoms with Crippen LogP contribution in [-0.2, 0) is 4.74 Å². The van der Waals surface area contributed by atoms with Gasteiger partial charge in [0.1, 0.15) is 5.56 Å². The number of nitrogen functional groups attached to an aromatic ring is 1. The fraction of sp³-hybridized carbons (Fsp3) is 0.500. The minimum atomic E-state index is -1.13. The lowest BCUT2D eigenvalue weighted by molar-refractivity contribution is 0.0341. The number of anilines is 1. The second-order valence-electron chi connectivity index (χ2n) is 3.88. The van der Waals surface area contributed by atoms with Gasteiger partial charge < -0.3 is 15.6 Å². The Bertz CT molecular complexity index is 476. The summed E-state index contributed by atoms with van der Waals surface area (Å²) in [7, 11) is 0. The molecule has 2 rings (SSSR count). The molecule has 2 atom stereocenters. The minimum absolute atomic E-state index is 0.0419. The van der Waals surface area contributed by atoms with E-state index in [1.54, 1.807) is 0 Å². The smallest absolute Gasteiger partial charge is 0.341 e. The topological polar surface area (TPSA) is 114 Å². The van der Waals surface area contributed by atoms with Crippen molar-refractivity contribution in [2.24, 2.45) is 5.92 Å². The van der Waals surface area contributed by atoms with Crippen LogP contribution in [0.1, 0.15) is 22.8 Å². The van der Waals surface area contributed by atoms with Gasteiger partial charge in [-0.15, -0.1) is 0 Å². The first-order chi connectivity index (χ1) is 8.13. The van der Waals surface area contributed by atoms with Gasteiger partial charge in [-0.05, 0) is 6.42 Å². The van der Waals surface area contributed by atoms with Crippen molar-refractivity contribution in [1.29, 1.82) is 5.26 Å². The van der Waals surface area contributed by atoms with Gasteiger partial charge in [0.05, 0.1) is 24.6 Å². The van der Waals surface area contributed by atoms with Gasteiger partial charge in [0.25, 0.3) is 0 Å². The molecule has 0 bridgehead atoms. The van der Waals surface area contributed by atoms with Crippen molar-refractivity contribution >= 4 is 11.8 Å². The van der Waals surface area contributed by atoms with Gasteiger partial charge >= 0.3 is 5.97 Å². The number of nitrogens with two attached hydrogens (primary N) is 1. The molecule has 17 heavy (non-hydrogen) atoms. The summed E-state index contributed by atoms with van der Waals surface area (Å²) < 4.78 is 6.70. The molecule has 7 heteroatoms. The zero-order valence-corrected chi connectivity index (χ0v) is 9.04. The highest BCUT2D eigenvalue weighted by molar-refractivity contribution is 5.92. The Balaban J connectivity index is 2.30. The maximum absolute atomic E-state index is 10.8. The molecule has 0 amide bonds. The van der Waals surface area contributed by atoms with Gasteiger partial charge in [-0.3, -0.25) is 4.68 Å². The lowest BCUT2D eigenvalue weighted by Gasteiger charge is -2.26. The lowest BCUT2D eigenvalue weighted by Crippen LogP contribution is -2.29. The van der Waals surface area contributed by atoms with E-state index in [1.165, 1.54) is 10.9 Å². The van der Waals surface area contributed by atoms with Gasteiger partial charge in [0, 0.05) is 12.8 Å². The standard InChI is InChI=1S/C10H12N4O3/c11-3-6-1-2-17-5-8(6)14-4-7(10(15)16)9(12)13-14/h4,6,8H,1-2,5H2,(H2,12,13)(H,15,16)/t6-,8+/m0/s1. The molecule has 0 spiro atoms. The quantitative estimate of drug-likeness (QED) is 0.761. The van der Waals surface area contributed by atoms with Crippen LogP contribution >= 0.6 is 0 Å². The molecule has 2 heterocycles. The Morgan fingerprint density at radius 1 is 1.76 bits per heavy atom. The first kappa shape index (κ1) is 11.4. The third-order valence-corrected chi connectivity index (χ3v) is 2.82. The van der Waals surface area contributed by atoms with Crippen molar-refractivity contribution in [3.8, 4) is 6.07 Å². The summed E-state index contributed by atoms with van der Waals surface area (Å²) in [4.78, 5) is 10.8. The molecule has 1 aromatic rings. The van der Waals surface area contributed by atoms with Crippen molar-refractivity contribution in [1.82, 2.24) is 9.78 Å². The number of aromatic nitrogens is 2. The van der Waals surface area contributed by atoms with Crippen molar-refractivity contribution in [2.75, 3.05) is 18.9 Å². The minimum Gasteiger partial charge on any atom is -0.477 e. The van der Waals surface area contributed by atoms with E-state index in [0.717, 1.165) is 0 Å². The number of nitriles is 1. The summed E-state index contributed by atoms with van der Waals surface area (Å²) in [5.41, 5.74) is 5.45. The summed E-state index contributed by atoms with van der Waals surface area (Å²) in [6, 6.07) is 1.91. The van der Waals surface area contributed by atoms with Gasteiger partial charge in [-0.25, -0.2) is 4.79 Å². The molecule has 1 fully saturated rings. The summed E-state index contributed by atoms with van der Waals surface area (Å²) in [5, 5.41) is 21.8. The number of hydrogen-bond donors (Lipinski definition) is 2. The molecule has 0 radical (unpaired) electrons. The molecule has 0 aromatic carbocycles. The number of carboxylic acids is 1. The number of carbonyl (C=O) groups is 1. The average Bonchev–Trinajstić information content (AvgIpc) is 2.71. The van der Waals surface area contributed by atoms with Crippen molar-refractivity contribution < 1.29 is 14.6 Å². The van der Waals surface area contributed by atoms with Crippen LogP contribution in [0.3, 0.4) is 0 Å². The number of nitrogens with zero attached hydrogens (tertiary/aromatic N) is 3. The second kappa shape index (κ2) is 4.43. The summed E-state index contributed by atoms with van der Waals surface area (Å²) in [5.74, 6) is -1.40. The zero-order valence-electron chi connectivity index (χ0n) is 9.04. The molecule has 0 aliphatic carbocycles. The Hall–Kier alpha value is -2.07. The van der Waals surface area contributed by atoms with Crippen LogP contribution < -0.4 is 5.73 Å². The Morgan fingerprint density at radius 2 is 2.53 bits per heavy atom. The van der Waals surface area contributed by atoms with E-state index < -0.39 is 5.97 Å². The maximum atomic E-state index is 10.8. The molecule has 1 aliphatic heterocycles. The lowest BCUT2D eigenvalue weighted by atomic mass is 9.97. The largest absolute Gasteiger partial charge is 0.477 e. The molecule has 7 nitrogen and oxygen atoms in total. The van der Waals surface area contributed by atoms with Gasteiger partial charge in [-0.2, -0.15) is 10.4 Å². The van der Waals surface area contributed by atoms with E-state index in [-0.39, 0.29) is 23.3 Å². The third-order valence-electron chi connectivity index (χ3n) is 2.82. The number of aromatic carboxylic acids is 1. The first-order valence-corrected chi connectivity index (χ1v) is 5.18. The summed E-state index contributed by atoms with van der Waals surface area (Å²) in [6.45, 7) is 0.885. The molecule has 1 aromatic heterocycles. The number of carboxylic acid groups (broad SMARTS) is 1. The van der Waals surface area contributed by atoms with Crippen molar-refractivity contribution in [3.05, 3.63) is 11.8 Å². The molecule has 0 saturated carbocycles. The van der Waals surface area contributed by atoms with Crippen LogP contribution in [0, 0.1) is 17.2 Å². The number of hydrogen-bond acceptors (Lipinski definition) is 5. The highest BCUT2D eigenvalue weighted by Crippen LogP contribution is 2.26. The molecule has 90 valence electrons. The highest BCUT2D eigenvalue weighted by atomic mass is 16.5. The normalized spacial score (nSPS) is 24.2.